The van der Waals surface area contributed by atoms with Gasteiger partial charge in [0.15, 0.2) is 5.92 Å². The lowest BCUT2D eigenvalue weighted by atomic mass is 10.1. The van der Waals surface area contributed by atoms with E-state index in [1.54, 1.807) is 6.07 Å². The van der Waals surface area contributed by atoms with E-state index in [-0.39, 0.29) is 17.5 Å². The van der Waals surface area contributed by atoms with Gasteiger partial charge in [-0.15, -0.1) is 0 Å². The maximum absolute atomic E-state index is 12.4. The molecule has 0 saturated carbocycles. The topological polar surface area (TPSA) is 87.9 Å². The van der Waals surface area contributed by atoms with Gasteiger partial charge in [-0.1, -0.05) is 31.9 Å². The van der Waals surface area contributed by atoms with E-state index in [9.17, 15) is 10.1 Å². The van der Waals surface area contributed by atoms with Crippen LogP contribution < -0.4 is 10.1 Å². The van der Waals surface area contributed by atoms with Crippen LogP contribution in [0.3, 0.4) is 0 Å². The summed E-state index contributed by atoms with van der Waals surface area (Å²) in [5.41, 5.74) is 1.57. The van der Waals surface area contributed by atoms with E-state index in [2.05, 4.69) is 22.2 Å². The molecule has 0 saturated heterocycles. The van der Waals surface area contributed by atoms with Gasteiger partial charge in [-0.25, -0.2) is 9.97 Å². The first-order chi connectivity index (χ1) is 11.7. The second-order valence-electron chi connectivity index (χ2n) is 5.40. The Morgan fingerprint density at radius 2 is 1.96 bits per heavy atom. The Labute approximate surface area is 141 Å². The number of carbonyl (C=O) groups is 1. The van der Waals surface area contributed by atoms with Crippen LogP contribution in [0.1, 0.15) is 44.7 Å². The van der Waals surface area contributed by atoms with Crippen molar-refractivity contribution in [3.63, 3.8) is 0 Å². The van der Waals surface area contributed by atoms with Gasteiger partial charge < -0.3 is 10.1 Å². The molecule has 1 N–H and O–H groups in total. The number of unbranched alkanes of at least 4 members (excludes halogenated alkanes) is 2. The lowest BCUT2D eigenvalue weighted by molar-refractivity contribution is -0.121. The smallest absolute Gasteiger partial charge is 0.243 e. The summed E-state index contributed by atoms with van der Waals surface area (Å²) in [4.78, 5) is 21.2. The average molecular weight is 326 g/mol. The number of hydrogen-bond acceptors (Lipinski definition) is 5. The number of hydrogen-bond donors (Lipinski definition) is 1. The van der Waals surface area contributed by atoms with Gasteiger partial charge in [0.2, 0.25) is 11.8 Å². The van der Waals surface area contributed by atoms with E-state index < -0.39 is 5.92 Å². The van der Waals surface area contributed by atoms with E-state index in [0.29, 0.717) is 24.2 Å². The predicted molar refractivity (Wildman–Crippen MR) is 91.6 cm³/mol. The van der Waals surface area contributed by atoms with Gasteiger partial charge in [-0.05, 0) is 25.5 Å². The fraction of sp³-hybridized carbons (Fsp3) is 0.444. The number of carbonyl (C=O) groups excluding carboxylic acids is 1. The second kappa shape index (κ2) is 8.82. The van der Waals surface area contributed by atoms with Crippen molar-refractivity contribution in [2.24, 2.45) is 0 Å². The van der Waals surface area contributed by atoms with Gasteiger partial charge in [0.25, 0.3) is 0 Å². The molecule has 2 aromatic rings. The van der Waals surface area contributed by atoms with Crippen molar-refractivity contribution >= 4 is 16.9 Å². The Morgan fingerprint density at radius 1 is 1.25 bits per heavy atom. The molecule has 1 heterocycles. The third-order valence-electron chi connectivity index (χ3n) is 3.59. The summed E-state index contributed by atoms with van der Waals surface area (Å²) in [6.45, 7) is 4.86. The van der Waals surface area contributed by atoms with E-state index in [1.165, 1.54) is 0 Å². The van der Waals surface area contributed by atoms with Crippen molar-refractivity contribution < 1.29 is 9.53 Å². The summed E-state index contributed by atoms with van der Waals surface area (Å²) >= 11 is 0. The standard InChI is InChI=1S/C18H22N4O2/c1-3-5-8-11-20-17(23)13(12-19)16-18(24-4-2)22-15-10-7-6-9-14(15)21-16/h6-7,9-10,13H,3-5,8,11H2,1-2H3,(H,20,23)/t13-/m0/s1. The number of aromatic nitrogens is 2. The van der Waals surface area contributed by atoms with Crippen LogP contribution in [0.5, 0.6) is 5.88 Å². The first-order valence-corrected chi connectivity index (χ1v) is 8.28. The van der Waals surface area contributed by atoms with Crippen LogP contribution in [-0.4, -0.2) is 29.0 Å². The SMILES string of the molecule is CCCCCNC(=O)[C@@H](C#N)c1nc2ccccc2nc1OCC. The Bertz CT molecular complexity index is 739. The number of benzene rings is 1. The minimum atomic E-state index is -1.04. The molecule has 1 aromatic carbocycles. The van der Waals surface area contributed by atoms with Gasteiger partial charge in [-0.2, -0.15) is 5.26 Å². The number of amides is 1. The molecule has 6 nitrogen and oxygen atoms in total. The molecule has 1 amide bonds. The number of nitriles is 1. The molecule has 0 bridgehead atoms. The normalized spacial score (nSPS) is 11.7. The van der Waals surface area contributed by atoms with Crippen molar-refractivity contribution in [2.45, 2.75) is 39.0 Å². The van der Waals surface area contributed by atoms with E-state index >= 15 is 0 Å². The summed E-state index contributed by atoms with van der Waals surface area (Å²) in [6.07, 6.45) is 3.00. The monoisotopic (exact) mass is 326 g/mol. The Balaban J connectivity index is 2.30. The quantitative estimate of drug-likeness (QED) is 0.754. The molecular formula is C18H22N4O2. The molecule has 24 heavy (non-hydrogen) atoms. The zero-order chi connectivity index (χ0) is 17.4. The molecule has 6 heteroatoms. The van der Waals surface area contributed by atoms with Crippen LogP contribution in [-0.2, 0) is 4.79 Å². The third-order valence-corrected chi connectivity index (χ3v) is 3.59. The Morgan fingerprint density at radius 3 is 2.58 bits per heavy atom. The van der Waals surface area contributed by atoms with Crippen LogP contribution in [0.4, 0.5) is 0 Å². The van der Waals surface area contributed by atoms with E-state index in [4.69, 9.17) is 4.74 Å². The Hall–Kier alpha value is -2.68. The maximum atomic E-state index is 12.4. The first kappa shape index (κ1) is 17.7. The molecular weight excluding hydrogens is 304 g/mol. The summed E-state index contributed by atoms with van der Waals surface area (Å²) in [6, 6.07) is 9.35. The van der Waals surface area contributed by atoms with E-state index in [0.717, 1.165) is 19.3 Å². The average Bonchev–Trinajstić information content (AvgIpc) is 2.60. The van der Waals surface area contributed by atoms with Crippen LogP contribution in [0.2, 0.25) is 0 Å². The Kier molecular flexibility index (Phi) is 6.50. The highest BCUT2D eigenvalue weighted by Gasteiger charge is 2.27. The highest BCUT2D eigenvalue weighted by atomic mass is 16.5. The van der Waals surface area contributed by atoms with Gasteiger partial charge in [0.05, 0.1) is 23.7 Å². The molecule has 0 aliphatic rings. The summed E-state index contributed by atoms with van der Waals surface area (Å²) < 4.78 is 5.52. The van der Waals surface area contributed by atoms with Gasteiger partial charge in [0, 0.05) is 6.54 Å². The molecule has 126 valence electrons. The lowest BCUT2D eigenvalue weighted by Crippen LogP contribution is -2.30. The zero-order valence-electron chi connectivity index (χ0n) is 14.1. The number of ether oxygens (including phenoxy) is 1. The molecule has 0 fully saturated rings. The van der Waals surface area contributed by atoms with E-state index in [1.807, 2.05) is 31.2 Å². The van der Waals surface area contributed by atoms with Crippen molar-refractivity contribution in [3.8, 4) is 11.9 Å². The largest absolute Gasteiger partial charge is 0.477 e. The molecule has 0 aliphatic heterocycles. The minimum Gasteiger partial charge on any atom is -0.477 e. The number of nitrogens with zero attached hydrogens (tertiary/aromatic N) is 3. The number of fused-ring (bicyclic) bond motifs is 1. The number of rotatable bonds is 8. The van der Waals surface area contributed by atoms with Crippen LogP contribution in [0.25, 0.3) is 11.0 Å². The minimum absolute atomic E-state index is 0.242. The molecule has 1 atom stereocenters. The summed E-state index contributed by atoms with van der Waals surface area (Å²) in [5.74, 6) is -1.16. The summed E-state index contributed by atoms with van der Waals surface area (Å²) in [5, 5.41) is 12.3. The van der Waals surface area contributed by atoms with Crippen molar-refractivity contribution in [2.75, 3.05) is 13.2 Å². The van der Waals surface area contributed by atoms with Crippen molar-refractivity contribution in [3.05, 3.63) is 30.0 Å². The molecule has 0 radical (unpaired) electrons. The fourth-order valence-corrected chi connectivity index (χ4v) is 2.36. The zero-order valence-corrected chi connectivity index (χ0v) is 14.1. The first-order valence-electron chi connectivity index (χ1n) is 8.28. The van der Waals surface area contributed by atoms with Crippen LogP contribution in [0, 0.1) is 11.3 Å². The number of para-hydroxylation sites is 2. The van der Waals surface area contributed by atoms with Gasteiger partial charge in [-0.3, -0.25) is 4.79 Å². The molecule has 1 aromatic heterocycles. The van der Waals surface area contributed by atoms with Gasteiger partial charge >= 0.3 is 0 Å². The third kappa shape index (κ3) is 4.19. The molecule has 0 unspecified atom stereocenters. The highest BCUT2D eigenvalue weighted by Crippen LogP contribution is 2.26. The predicted octanol–water partition coefficient (Wildman–Crippen LogP) is 2.94. The summed E-state index contributed by atoms with van der Waals surface area (Å²) in [7, 11) is 0. The fourth-order valence-electron chi connectivity index (χ4n) is 2.36. The van der Waals surface area contributed by atoms with Crippen molar-refractivity contribution in [1.29, 1.82) is 5.26 Å². The molecule has 2 rings (SSSR count). The maximum Gasteiger partial charge on any atom is 0.243 e. The second-order valence-corrected chi connectivity index (χ2v) is 5.40. The highest BCUT2D eigenvalue weighted by molar-refractivity contribution is 5.87. The van der Waals surface area contributed by atoms with Gasteiger partial charge in [0.1, 0.15) is 5.69 Å². The van der Waals surface area contributed by atoms with Crippen LogP contribution >= 0.6 is 0 Å². The van der Waals surface area contributed by atoms with Crippen molar-refractivity contribution in [1.82, 2.24) is 15.3 Å². The number of nitrogens with one attached hydrogen (secondary N) is 1. The molecule has 0 aliphatic carbocycles. The lowest BCUT2D eigenvalue weighted by Gasteiger charge is -2.14. The van der Waals surface area contributed by atoms with Crippen LogP contribution in [0.15, 0.2) is 24.3 Å². The molecule has 0 spiro atoms.